The topological polar surface area (TPSA) is 63.3 Å². The minimum absolute atomic E-state index is 0.0927. The maximum absolute atomic E-state index is 12.6. The quantitative estimate of drug-likeness (QED) is 0.516. The number of benzene rings is 2. The number of halogens is 1. The third kappa shape index (κ3) is 2.68. The number of furan rings is 1. The fourth-order valence-electron chi connectivity index (χ4n) is 2.37. The summed E-state index contributed by atoms with van der Waals surface area (Å²) in [5, 5.41) is 13.1. The third-order valence-electron chi connectivity index (χ3n) is 3.57. The number of rotatable bonds is 3. The molecule has 2 aromatic carbocycles. The van der Waals surface area contributed by atoms with E-state index < -0.39 is 0 Å². The molecule has 4 rings (SSSR count). The van der Waals surface area contributed by atoms with Crippen molar-refractivity contribution in [1.29, 1.82) is 0 Å². The van der Waals surface area contributed by atoms with Gasteiger partial charge in [0.2, 0.25) is 0 Å². The first-order valence-corrected chi connectivity index (χ1v) is 8.35. The molecule has 0 unspecified atom stereocenters. The molecule has 4 aromatic rings. The molecule has 1 N–H and O–H groups in total. The molecule has 0 spiro atoms. The van der Waals surface area contributed by atoms with Crippen molar-refractivity contribution in [1.82, 2.24) is 4.98 Å². The second-order valence-corrected chi connectivity index (χ2v) is 6.50. The van der Waals surface area contributed by atoms with Crippen molar-refractivity contribution in [2.45, 2.75) is 0 Å². The Balaban J connectivity index is 1.67. The van der Waals surface area contributed by atoms with E-state index in [4.69, 9.17) is 16.0 Å². The molecule has 2 heterocycles. The molecule has 0 amide bonds. The molecule has 4 nitrogen and oxygen atoms in total. The van der Waals surface area contributed by atoms with E-state index in [1.54, 1.807) is 30.3 Å². The highest BCUT2D eigenvalue weighted by molar-refractivity contribution is 7.12. The van der Waals surface area contributed by atoms with Crippen LogP contribution in [0.15, 0.2) is 58.3 Å². The molecule has 0 fully saturated rings. The number of phenolic OH excluding ortho intramolecular Hbond substituents is 1. The zero-order chi connectivity index (χ0) is 16.7. The van der Waals surface area contributed by atoms with Crippen molar-refractivity contribution in [3.05, 3.63) is 69.7 Å². The molecule has 2 aromatic heterocycles. The summed E-state index contributed by atoms with van der Waals surface area (Å²) in [7, 11) is 0. The Hall–Kier alpha value is -2.63. The van der Waals surface area contributed by atoms with Gasteiger partial charge in [0, 0.05) is 27.4 Å². The molecule has 118 valence electrons. The Labute approximate surface area is 146 Å². The number of thiazole rings is 1. The van der Waals surface area contributed by atoms with Crippen molar-refractivity contribution >= 4 is 39.7 Å². The van der Waals surface area contributed by atoms with Crippen molar-refractivity contribution in [2.24, 2.45) is 0 Å². The number of hydrogen-bond donors (Lipinski definition) is 1. The fraction of sp³-hybridized carbons (Fsp3) is 0. The van der Waals surface area contributed by atoms with Crippen LogP contribution in [0.2, 0.25) is 5.02 Å². The first-order chi connectivity index (χ1) is 11.6. The Morgan fingerprint density at radius 3 is 2.71 bits per heavy atom. The summed E-state index contributed by atoms with van der Waals surface area (Å²) in [4.78, 5) is 17.0. The van der Waals surface area contributed by atoms with Crippen LogP contribution in [0.1, 0.15) is 15.6 Å². The second kappa shape index (κ2) is 5.78. The van der Waals surface area contributed by atoms with Gasteiger partial charge < -0.3 is 9.52 Å². The molecule has 0 radical (unpaired) electrons. The van der Waals surface area contributed by atoms with E-state index in [-0.39, 0.29) is 17.3 Å². The van der Waals surface area contributed by atoms with E-state index in [0.29, 0.717) is 21.3 Å². The van der Waals surface area contributed by atoms with Gasteiger partial charge in [-0.1, -0.05) is 23.7 Å². The number of phenols is 1. The molecular weight excluding hydrogens is 346 g/mol. The van der Waals surface area contributed by atoms with E-state index in [9.17, 15) is 9.90 Å². The summed E-state index contributed by atoms with van der Waals surface area (Å²) in [6.45, 7) is 0. The van der Waals surface area contributed by atoms with Crippen LogP contribution in [-0.4, -0.2) is 15.9 Å². The van der Waals surface area contributed by atoms with Gasteiger partial charge in [0.15, 0.2) is 10.8 Å². The van der Waals surface area contributed by atoms with Gasteiger partial charge in [0.1, 0.15) is 11.3 Å². The molecule has 0 aliphatic carbocycles. The first-order valence-electron chi connectivity index (χ1n) is 7.09. The summed E-state index contributed by atoms with van der Waals surface area (Å²) >= 11 is 7.14. The molecule has 24 heavy (non-hydrogen) atoms. The third-order valence-corrected chi connectivity index (χ3v) is 4.66. The minimum Gasteiger partial charge on any atom is -0.508 e. The molecule has 0 saturated carbocycles. The Morgan fingerprint density at radius 2 is 1.92 bits per heavy atom. The maximum Gasteiger partial charge on any atom is 0.256 e. The van der Waals surface area contributed by atoms with Gasteiger partial charge in [0.05, 0.1) is 5.69 Å². The van der Waals surface area contributed by atoms with Crippen LogP contribution in [0.25, 0.3) is 22.2 Å². The minimum atomic E-state index is -0.282. The lowest BCUT2D eigenvalue weighted by Gasteiger charge is -1.96. The van der Waals surface area contributed by atoms with Gasteiger partial charge >= 0.3 is 0 Å². The van der Waals surface area contributed by atoms with E-state index in [1.165, 1.54) is 17.4 Å². The zero-order valence-corrected chi connectivity index (χ0v) is 13.8. The summed E-state index contributed by atoms with van der Waals surface area (Å²) in [6, 6.07) is 13.7. The van der Waals surface area contributed by atoms with Gasteiger partial charge in [-0.25, -0.2) is 4.98 Å². The molecule has 0 aliphatic heterocycles. The number of ketones is 1. The van der Waals surface area contributed by atoms with E-state index >= 15 is 0 Å². The van der Waals surface area contributed by atoms with Gasteiger partial charge in [-0.15, -0.1) is 11.3 Å². The number of fused-ring (bicyclic) bond motifs is 1. The van der Waals surface area contributed by atoms with Crippen LogP contribution < -0.4 is 0 Å². The van der Waals surface area contributed by atoms with Gasteiger partial charge in [-0.05, 0) is 30.3 Å². The molecule has 0 saturated heterocycles. The summed E-state index contributed by atoms with van der Waals surface area (Å²) < 4.78 is 5.54. The highest BCUT2D eigenvalue weighted by atomic mass is 35.5. The highest BCUT2D eigenvalue weighted by Crippen LogP contribution is 2.28. The lowest BCUT2D eigenvalue weighted by Crippen LogP contribution is -1.98. The van der Waals surface area contributed by atoms with Crippen LogP contribution in [0.5, 0.6) is 5.75 Å². The fourth-order valence-corrected chi connectivity index (χ4v) is 3.27. The Bertz CT molecular complexity index is 1050. The smallest absolute Gasteiger partial charge is 0.256 e. The first kappa shape index (κ1) is 14.9. The summed E-state index contributed by atoms with van der Waals surface area (Å²) in [6.07, 6.45) is 0. The number of carbonyl (C=O) groups is 1. The summed E-state index contributed by atoms with van der Waals surface area (Å²) in [5.74, 6) is 0.0126. The molecule has 0 bridgehead atoms. The predicted molar refractivity (Wildman–Crippen MR) is 93.9 cm³/mol. The second-order valence-electron chi connectivity index (χ2n) is 5.21. The number of hydrogen-bond acceptors (Lipinski definition) is 5. The number of nitrogens with zero attached hydrogens (tertiary/aromatic N) is 1. The summed E-state index contributed by atoms with van der Waals surface area (Å²) in [5.41, 5.74) is 2.07. The maximum atomic E-state index is 12.6. The predicted octanol–water partition coefficient (Wildman–Crippen LogP) is 5.15. The number of carbonyl (C=O) groups excluding carboxylic acids is 1. The van der Waals surface area contributed by atoms with E-state index in [1.807, 2.05) is 17.5 Å². The van der Waals surface area contributed by atoms with Crippen molar-refractivity contribution in [2.75, 3.05) is 0 Å². The lowest BCUT2D eigenvalue weighted by molar-refractivity contribution is 0.101. The largest absolute Gasteiger partial charge is 0.508 e. The van der Waals surface area contributed by atoms with E-state index in [0.717, 1.165) is 10.9 Å². The van der Waals surface area contributed by atoms with Gasteiger partial charge in [-0.3, -0.25) is 4.79 Å². The normalized spacial score (nSPS) is 11.0. The highest BCUT2D eigenvalue weighted by Gasteiger charge is 2.19. The van der Waals surface area contributed by atoms with Crippen LogP contribution in [0.4, 0.5) is 0 Å². The van der Waals surface area contributed by atoms with Crippen LogP contribution in [-0.2, 0) is 0 Å². The Morgan fingerprint density at radius 1 is 1.12 bits per heavy atom. The molecule has 6 heteroatoms. The zero-order valence-electron chi connectivity index (χ0n) is 12.2. The number of aromatic nitrogens is 1. The average Bonchev–Trinajstić information content (AvgIpc) is 3.21. The molecular formula is C18H10ClNO3S. The van der Waals surface area contributed by atoms with Crippen LogP contribution in [0.3, 0.4) is 0 Å². The van der Waals surface area contributed by atoms with Crippen molar-refractivity contribution < 1.29 is 14.3 Å². The van der Waals surface area contributed by atoms with Gasteiger partial charge in [-0.2, -0.15) is 0 Å². The molecule has 0 aliphatic rings. The molecule has 0 atom stereocenters. The van der Waals surface area contributed by atoms with Crippen molar-refractivity contribution in [3.63, 3.8) is 0 Å². The lowest BCUT2D eigenvalue weighted by atomic mass is 10.2. The standard InChI is InChI=1S/C18H10ClNO3S/c19-12-4-1-10(2-5-12)14-9-24-18(20-14)17(22)16-7-11-3-6-13(21)8-15(11)23-16/h1-9,21H. The van der Waals surface area contributed by atoms with Gasteiger partial charge in [0.25, 0.3) is 5.78 Å². The van der Waals surface area contributed by atoms with Crippen LogP contribution in [0, 0.1) is 0 Å². The van der Waals surface area contributed by atoms with Crippen molar-refractivity contribution in [3.8, 4) is 17.0 Å². The number of aromatic hydroxyl groups is 1. The van der Waals surface area contributed by atoms with E-state index in [2.05, 4.69) is 4.98 Å². The monoisotopic (exact) mass is 355 g/mol. The SMILES string of the molecule is O=C(c1cc2ccc(O)cc2o1)c1nc(-c2ccc(Cl)cc2)cs1. The average molecular weight is 356 g/mol. The Kier molecular flexibility index (Phi) is 3.59. The van der Waals surface area contributed by atoms with Crippen LogP contribution >= 0.6 is 22.9 Å².